The van der Waals surface area contributed by atoms with Gasteiger partial charge in [0.1, 0.15) is 23.7 Å². The van der Waals surface area contributed by atoms with E-state index in [2.05, 4.69) is 0 Å². The van der Waals surface area contributed by atoms with Crippen LogP contribution >= 0.6 is 23.2 Å². The van der Waals surface area contributed by atoms with Gasteiger partial charge in [0.05, 0.1) is 5.02 Å². The Morgan fingerprint density at radius 3 is 2.40 bits per heavy atom. The van der Waals surface area contributed by atoms with Crippen molar-refractivity contribution in [2.75, 3.05) is 0 Å². The third-order valence-corrected chi connectivity index (χ3v) is 3.13. The summed E-state index contributed by atoms with van der Waals surface area (Å²) in [6, 6.07) is 9.63. The quantitative estimate of drug-likeness (QED) is 0.896. The number of carboxylic acids is 1. The smallest absolute Gasteiger partial charge is 0.339 e. The lowest BCUT2D eigenvalue weighted by molar-refractivity contribution is 0.0693. The topological polar surface area (TPSA) is 66.8 Å². The summed E-state index contributed by atoms with van der Waals surface area (Å²) < 4.78 is 5.46. The average Bonchev–Trinajstić information content (AvgIpc) is 2.41. The lowest BCUT2D eigenvalue weighted by Gasteiger charge is -2.09. The van der Waals surface area contributed by atoms with Gasteiger partial charge in [-0.25, -0.2) is 4.79 Å². The highest BCUT2D eigenvalue weighted by Crippen LogP contribution is 2.32. The molecule has 2 rings (SSSR count). The standard InChI is InChI=1S/C14H10Cl2O4/c15-9-3-1-8(2-4-9)7-20-10-5-11(14(18)19)13(17)12(16)6-10/h1-6,17H,7H2,(H,18,19). The number of aromatic hydroxyl groups is 1. The van der Waals surface area contributed by atoms with E-state index >= 15 is 0 Å². The number of hydrogen-bond acceptors (Lipinski definition) is 3. The van der Waals surface area contributed by atoms with Gasteiger partial charge in [0.2, 0.25) is 0 Å². The maximum absolute atomic E-state index is 10.9. The molecule has 0 bridgehead atoms. The minimum atomic E-state index is -1.28. The molecule has 0 spiro atoms. The molecule has 4 nitrogen and oxygen atoms in total. The van der Waals surface area contributed by atoms with Crippen LogP contribution in [0.3, 0.4) is 0 Å². The molecule has 2 aromatic rings. The molecule has 0 fully saturated rings. The Morgan fingerprint density at radius 2 is 1.80 bits per heavy atom. The molecule has 104 valence electrons. The molecule has 0 unspecified atom stereocenters. The fourth-order valence-electron chi connectivity index (χ4n) is 1.57. The minimum absolute atomic E-state index is 0.0731. The average molecular weight is 313 g/mol. The maximum Gasteiger partial charge on any atom is 0.339 e. The largest absolute Gasteiger partial charge is 0.505 e. The monoisotopic (exact) mass is 312 g/mol. The molecule has 0 saturated carbocycles. The lowest BCUT2D eigenvalue weighted by Crippen LogP contribution is -2.00. The Kier molecular flexibility index (Phi) is 4.37. The van der Waals surface area contributed by atoms with E-state index in [0.29, 0.717) is 5.02 Å². The molecule has 0 aromatic heterocycles. The van der Waals surface area contributed by atoms with Gasteiger partial charge in [-0.2, -0.15) is 0 Å². The lowest BCUT2D eigenvalue weighted by atomic mass is 10.2. The molecule has 0 amide bonds. The second-order valence-corrected chi connectivity index (χ2v) is 4.87. The molecule has 0 aliphatic carbocycles. The van der Waals surface area contributed by atoms with Crippen molar-refractivity contribution >= 4 is 29.2 Å². The highest BCUT2D eigenvalue weighted by Gasteiger charge is 2.15. The Hall–Kier alpha value is -1.91. The molecule has 20 heavy (non-hydrogen) atoms. The van der Waals surface area contributed by atoms with Crippen LogP contribution in [0, 0.1) is 0 Å². The highest BCUT2D eigenvalue weighted by molar-refractivity contribution is 6.32. The van der Waals surface area contributed by atoms with Crippen molar-refractivity contribution in [1.82, 2.24) is 0 Å². The van der Waals surface area contributed by atoms with Crippen LogP contribution in [0.5, 0.6) is 11.5 Å². The number of aromatic carboxylic acids is 1. The van der Waals surface area contributed by atoms with Gasteiger partial charge in [-0.1, -0.05) is 35.3 Å². The Balaban J connectivity index is 2.17. The SMILES string of the molecule is O=C(O)c1cc(OCc2ccc(Cl)cc2)cc(Cl)c1O. The van der Waals surface area contributed by atoms with E-state index in [-0.39, 0.29) is 22.9 Å². The second-order valence-electron chi connectivity index (χ2n) is 4.02. The molecule has 0 heterocycles. The number of carbonyl (C=O) groups is 1. The summed E-state index contributed by atoms with van der Waals surface area (Å²) in [4.78, 5) is 10.9. The summed E-state index contributed by atoms with van der Waals surface area (Å²) in [5.74, 6) is -1.49. The van der Waals surface area contributed by atoms with Crippen LogP contribution < -0.4 is 4.74 Å². The number of halogens is 2. The summed E-state index contributed by atoms with van der Waals surface area (Å²) in [5.41, 5.74) is 0.569. The van der Waals surface area contributed by atoms with Crippen LogP contribution in [0.4, 0.5) is 0 Å². The number of benzene rings is 2. The Bertz CT molecular complexity index is 638. The van der Waals surface area contributed by atoms with E-state index in [1.807, 2.05) is 0 Å². The zero-order valence-electron chi connectivity index (χ0n) is 10.1. The molecule has 0 saturated heterocycles. The van der Waals surface area contributed by atoms with E-state index < -0.39 is 11.7 Å². The van der Waals surface area contributed by atoms with E-state index in [1.54, 1.807) is 24.3 Å². The van der Waals surface area contributed by atoms with Gasteiger partial charge in [0.25, 0.3) is 0 Å². The number of hydrogen-bond donors (Lipinski definition) is 2. The van der Waals surface area contributed by atoms with E-state index in [0.717, 1.165) is 5.56 Å². The van der Waals surface area contributed by atoms with Crippen molar-refractivity contribution in [3.05, 3.63) is 57.6 Å². The zero-order valence-corrected chi connectivity index (χ0v) is 11.6. The number of rotatable bonds is 4. The molecular formula is C14H10Cl2O4. The van der Waals surface area contributed by atoms with Crippen molar-refractivity contribution in [2.24, 2.45) is 0 Å². The third-order valence-electron chi connectivity index (χ3n) is 2.59. The molecule has 0 atom stereocenters. The van der Waals surface area contributed by atoms with Crippen LogP contribution in [0.25, 0.3) is 0 Å². The van der Waals surface area contributed by atoms with Crippen LogP contribution in [-0.4, -0.2) is 16.2 Å². The first-order valence-corrected chi connectivity index (χ1v) is 6.36. The summed E-state index contributed by atoms with van der Waals surface area (Å²) in [6.07, 6.45) is 0. The first-order valence-electron chi connectivity index (χ1n) is 5.60. The van der Waals surface area contributed by atoms with Crippen LogP contribution in [0.2, 0.25) is 10.0 Å². The van der Waals surface area contributed by atoms with Gasteiger partial charge >= 0.3 is 5.97 Å². The molecule has 6 heteroatoms. The van der Waals surface area contributed by atoms with Crippen molar-refractivity contribution in [3.63, 3.8) is 0 Å². The molecule has 0 aliphatic rings. The number of carboxylic acid groups (broad SMARTS) is 1. The van der Waals surface area contributed by atoms with E-state index in [1.165, 1.54) is 12.1 Å². The fourth-order valence-corrected chi connectivity index (χ4v) is 1.90. The Morgan fingerprint density at radius 1 is 1.15 bits per heavy atom. The second kappa shape index (κ2) is 6.03. The fraction of sp³-hybridized carbons (Fsp3) is 0.0714. The summed E-state index contributed by atoms with van der Waals surface area (Å²) in [5, 5.41) is 19.0. The summed E-state index contributed by atoms with van der Waals surface area (Å²) in [7, 11) is 0. The predicted molar refractivity (Wildman–Crippen MR) is 75.9 cm³/mol. The highest BCUT2D eigenvalue weighted by atomic mass is 35.5. The molecular weight excluding hydrogens is 303 g/mol. The number of ether oxygens (including phenoxy) is 1. The van der Waals surface area contributed by atoms with Gasteiger partial charge in [0.15, 0.2) is 0 Å². The van der Waals surface area contributed by atoms with Crippen LogP contribution in [0.1, 0.15) is 15.9 Å². The first-order chi connectivity index (χ1) is 9.47. The van der Waals surface area contributed by atoms with Crippen molar-refractivity contribution in [3.8, 4) is 11.5 Å². The van der Waals surface area contributed by atoms with Crippen molar-refractivity contribution in [2.45, 2.75) is 6.61 Å². The third kappa shape index (κ3) is 3.35. The molecule has 0 aliphatic heterocycles. The Labute approximate surface area is 125 Å². The van der Waals surface area contributed by atoms with Gasteiger partial charge in [-0.3, -0.25) is 0 Å². The van der Waals surface area contributed by atoms with Crippen LogP contribution in [-0.2, 0) is 6.61 Å². The predicted octanol–water partition coefficient (Wildman–Crippen LogP) is 3.98. The van der Waals surface area contributed by atoms with Gasteiger partial charge in [0, 0.05) is 11.1 Å². The molecule has 0 radical (unpaired) electrons. The zero-order chi connectivity index (χ0) is 14.7. The number of phenols is 1. The van der Waals surface area contributed by atoms with Gasteiger partial charge in [-0.05, 0) is 23.8 Å². The van der Waals surface area contributed by atoms with Crippen molar-refractivity contribution in [1.29, 1.82) is 0 Å². The van der Waals surface area contributed by atoms with Gasteiger partial charge < -0.3 is 14.9 Å². The molecule has 2 aromatic carbocycles. The van der Waals surface area contributed by atoms with Crippen molar-refractivity contribution < 1.29 is 19.7 Å². The normalized spacial score (nSPS) is 10.3. The maximum atomic E-state index is 10.9. The summed E-state index contributed by atoms with van der Waals surface area (Å²) >= 11 is 11.5. The van der Waals surface area contributed by atoms with Gasteiger partial charge in [-0.15, -0.1) is 0 Å². The first kappa shape index (κ1) is 14.5. The van der Waals surface area contributed by atoms with E-state index in [4.69, 9.17) is 33.0 Å². The molecule has 2 N–H and O–H groups in total. The minimum Gasteiger partial charge on any atom is -0.505 e. The van der Waals surface area contributed by atoms with E-state index in [9.17, 15) is 9.90 Å². The summed E-state index contributed by atoms with van der Waals surface area (Å²) in [6.45, 7) is 0.233. The van der Waals surface area contributed by atoms with Crippen LogP contribution in [0.15, 0.2) is 36.4 Å².